The van der Waals surface area contributed by atoms with E-state index in [9.17, 15) is 24.0 Å². The maximum Gasteiger partial charge on any atom is 0.318 e. The van der Waals surface area contributed by atoms with Crippen LogP contribution in [0.3, 0.4) is 0 Å². The lowest BCUT2D eigenvalue weighted by Crippen LogP contribution is -2.63. The van der Waals surface area contributed by atoms with Gasteiger partial charge in [-0.15, -0.1) is 0 Å². The summed E-state index contributed by atoms with van der Waals surface area (Å²) in [5.41, 5.74) is 0.388. The lowest BCUT2D eigenvalue weighted by molar-refractivity contribution is -0.338. The first-order valence-corrected chi connectivity index (χ1v) is 10.9. The fraction of sp³-hybridized carbons (Fsp3) is 0.682. The fourth-order valence-electron chi connectivity index (χ4n) is 3.63. The van der Waals surface area contributed by atoms with Crippen molar-refractivity contribution in [2.45, 2.75) is 71.6 Å². The monoisotopic (exact) mass is 502 g/mol. The zero-order valence-corrected chi connectivity index (χ0v) is 20.2. The Morgan fingerprint density at radius 1 is 0.829 bits per heavy atom. The van der Waals surface area contributed by atoms with Crippen molar-refractivity contribution >= 4 is 29.8 Å². The molecular weight excluding hydrogens is 472 g/mol. The molecule has 2 aliphatic rings. The molecule has 0 spiro atoms. The molecule has 0 saturated carbocycles. The molecule has 2 fully saturated rings. The maximum absolute atomic E-state index is 12.4. The van der Waals surface area contributed by atoms with Crippen LogP contribution in [0.25, 0.3) is 0 Å². The highest BCUT2D eigenvalue weighted by molar-refractivity contribution is 5.76. The van der Waals surface area contributed by atoms with Crippen LogP contribution in [0.5, 0.6) is 0 Å². The highest BCUT2D eigenvalue weighted by Crippen LogP contribution is 2.34. The molecule has 13 heteroatoms. The molecule has 0 unspecified atom stereocenters. The molecule has 0 N–H and O–H groups in total. The van der Waals surface area contributed by atoms with Crippen LogP contribution in [0.2, 0.25) is 0 Å². The van der Waals surface area contributed by atoms with Crippen molar-refractivity contribution in [2.75, 3.05) is 19.8 Å². The van der Waals surface area contributed by atoms with Gasteiger partial charge in [-0.05, 0) is 12.5 Å². The number of rotatable bonds is 9. The summed E-state index contributed by atoms with van der Waals surface area (Å²) < 4.78 is 43.3. The predicted octanol–water partition coefficient (Wildman–Crippen LogP) is 0.178. The van der Waals surface area contributed by atoms with E-state index in [1.54, 1.807) is 6.92 Å². The number of esters is 5. The molecule has 13 nitrogen and oxygen atoms in total. The Labute approximate surface area is 201 Å². The first-order valence-electron chi connectivity index (χ1n) is 10.9. The Morgan fingerprint density at radius 3 is 1.94 bits per heavy atom. The van der Waals surface area contributed by atoms with Crippen molar-refractivity contribution in [3.63, 3.8) is 0 Å². The highest BCUT2D eigenvalue weighted by atomic mass is 16.8. The Morgan fingerprint density at radius 2 is 1.40 bits per heavy atom. The lowest BCUT2D eigenvalue weighted by Gasteiger charge is -2.44. The maximum atomic E-state index is 12.4. The summed E-state index contributed by atoms with van der Waals surface area (Å²) in [5.74, 6) is -4.65. The molecule has 0 aliphatic carbocycles. The highest BCUT2D eigenvalue weighted by Gasteiger charge is 2.54. The van der Waals surface area contributed by atoms with Gasteiger partial charge in [-0.25, -0.2) is 0 Å². The minimum Gasteiger partial charge on any atom is -0.465 e. The van der Waals surface area contributed by atoms with Gasteiger partial charge in [0.2, 0.25) is 6.29 Å². The molecule has 0 aromatic carbocycles. The standard InChI is InChI=1S/C22H30O13/c1-7-28-20(27)16-10(2)8-30-21(16)35-22-19(33-14(6)26)18(32-13(5)25)17(31-12(4)24)15(34-22)9-29-11(3)23/h15-19,21-22H,2,7-9H2,1,3-6H3/t15-,16+,17-,18+,19-,21+,22+/m1/s1. The van der Waals surface area contributed by atoms with E-state index in [2.05, 4.69) is 6.58 Å². The summed E-state index contributed by atoms with van der Waals surface area (Å²) in [4.78, 5) is 59.4. The number of carbonyl (C=O) groups excluding carboxylic acids is 5. The summed E-state index contributed by atoms with van der Waals surface area (Å²) in [6, 6.07) is 0. The van der Waals surface area contributed by atoms with Crippen molar-refractivity contribution in [1.29, 1.82) is 0 Å². The topological polar surface area (TPSA) is 159 Å². The van der Waals surface area contributed by atoms with Gasteiger partial charge < -0.3 is 37.9 Å². The van der Waals surface area contributed by atoms with E-state index in [4.69, 9.17) is 37.9 Å². The average molecular weight is 502 g/mol. The largest absolute Gasteiger partial charge is 0.465 e. The molecule has 35 heavy (non-hydrogen) atoms. The Kier molecular flexibility index (Phi) is 10.2. The molecule has 2 aliphatic heterocycles. The molecule has 7 atom stereocenters. The van der Waals surface area contributed by atoms with Gasteiger partial charge in [0.15, 0.2) is 24.6 Å². The molecule has 2 rings (SSSR count). The fourth-order valence-corrected chi connectivity index (χ4v) is 3.63. The zero-order chi connectivity index (χ0) is 26.3. The number of ether oxygens (including phenoxy) is 8. The van der Waals surface area contributed by atoms with Gasteiger partial charge in [0.05, 0.1) is 13.2 Å². The van der Waals surface area contributed by atoms with Gasteiger partial charge in [0.1, 0.15) is 18.6 Å². The number of hydrogen-bond acceptors (Lipinski definition) is 13. The van der Waals surface area contributed by atoms with Crippen LogP contribution in [0.1, 0.15) is 34.6 Å². The van der Waals surface area contributed by atoms with Gasteiger partial charge in [-0.3, -0.25) is 24.0 Å². The van der Waals surface area contributed by atoms with Gasteiger partial charge in [-0.1, -0.05) is 6.58 Å². The molecule has 196 valence electrons. The van der Waals surface area contributed by atoms with Crippen LogP contribution in [0.15, 0.2) is 12.2 Å². The number of carbonyl (C=O) groups is 5. The smallest absolute Gasteiger partial charge is 0.318 e. The van der Waals surface area contributed by atoms with Crippen LogP contribution >= 0.6 is 0 Å². The van der Waals surface area contributed by atoms with E-state index in [1.165, 1.54) is 0 Å². The van der Waals surface area contributed by atoms with Crippen molar-refractivity contribution in [3.05, 3.63) is 12.2 Å². The summed E-state index contributed by atoms with van der Waals surface area (Å²) in [5, 5.41) is 0. The third-order valence-electron chi connectivity index (χ3n) is 4.90. The molecule has 0 aromatic heterocycles. The van der Waals surface area contributed by atoms with E-state index < -0.39 is 79.4 Å². The van der Waals surface area contributed by atoms with Gasteiger partial charge in [0, 0.05) is 27.7 Å². The SMILES string of the molecule is C=C1CO[C@@H](O[C@@H]2O[C@H](COC(C)=O)[C@@H](OC(C)=O)[C@H](OC(C)=O)[C@H]2OC(C)=O)[C@@H]1C(=O)OCC. The minimum absolute atomic E-state index is 0.0145. The summed E-state index contributed by atoms with van der Waals surface area (Å²) >= 11 is 0. The van der Waals surface area contributed by atoms with Crippen LogP contribution in [-0.2, 0) is 61.9 Å². The molecule has 0 radical (unpaired) electrons. The normalized spacial score (nSPS) is 30.2. The number of hydrogen-bond donors (Lipinski definition) is 0. The third kappa shape index (κ3) is 7.73. The minimum atomic E-state index is -1.50. The lowest BCUT2D eigenvalue weighted by atomic mass is 9.97. The quantitative estimate of drug-likeness (QED) is 0.239. The van der Waals surface area contributed by atoms with E-state index in [0.717, 1.165) is 27.7 Å². The molecule has 0 bridgehead atoms. The van der Waals surface area contributed by atoms with Crippen LogP contribution < -0.4 is 0 Å². The van der Waals surface area contributed by atoms with E-state index in [-0.39, 0.29) is 13.2 Å². The summed E-state index contributed by atoms with van der Waals surface area (Å²) in [7, 11) is 0. The third-order valence-corrected chi connectivity index (χ3v) is 4.90. The van der Waals surface area contributed by atoms with Gasteiger partial charge in [0.25, 0.3) is 0 Å². The Balaban J connectivity index is 2.43. The van der Waals surface area contributed by atoms with Gasteiger partial charge in [-0.2, -0.15) is 0 Å². The second-order valence-electron chi connectivity index (χ2n) is 7.77. The molecule has 2 heterocycles. The van der Waals surface area contributed by atoms with E-state index in [0.29, 0.717) is 5.57 Å². The zero-order valence-electron chi connectivity index (χ0n) is 20.2. The summed E-state index contributed by atoms with van der Waals surface area (Å²) in [6.45, 7) is 9.57. The first kappa shape index (κ1) is 28.2. The Hall–Kier alpha value is -3.03. The average Bonchev–Trinajstić information content (AvgIpc) is 3.10. The van der Waals surface area contributed by atoms with E-state index >= 15 is 0 Å². The first-order chi connectivity index (χ1) is 16.4. The van der Waals surface area contributed by atoms with Crippen LogP contribution in [0, 0.1) is 5.92 Å². The molecule has 2 saturated heterocycles. The van der Waals surface area contributed by atoms with Crippen molar-refractivity contribution < 1.29 is 61.9 Å². The van der Waals surface area contributed by atoms with E-state index in [1.807, 2.05) is 0 Å². The predicted molar refractivity (Wildman–Crippen MR) is 112 cm³/mol. The molecular formula is C22H30O13. The van der Waals surface area contributed by atoms with Gasteiger partial charge >= 0.3 is 29.8 Å². The summed E-state index contributed by atoms with van der Waals surface area (Å²) in [6.07, 6.45) is -8.14. The Bertz CT molecular complexity index is 837. The second-order valence-corrected chi connectivity index (χ2v) is 7.77. The van der Waals surface area contributed by atoms with Crippen LogP contribution in [0.4, 0.5) is 0 Å². The van der Waals surface area contributed by atoms with Crippen molar-refractivity contribution in [3.8, 4) is 0 Å². The van der Waals surface area contributed by atoms with Crippen molar-refractivity contribution in [2.24, 2.45) is 5.92 Å². The van der Waals surface area contributed by atoms with Crippen LogP contribution in [-0.4, -0.2) is 86.7 Å². The van der Waals surface area contributed by atoms with Crippen molar-refractivity contribution in [1.82, 2.24) is 0 Å². The molecule has 0 amide bonds. The molecule has 0 aromatic rings. The second kappa shape index (κ2) is 12.6.